The zero-order chi connectivity index (χ0) is 17.6. The summed E-state index contributed by atoms with van der Waals surface area (Å²) in [5, 5.41) is 3.43. The monoisotopic (exact) mass is 361 g/mol. The molecule has 1 amide bonds. The SMILES string of the molecule is COC(=O)[C@@H](CC(C)C)NC(=O)[C@H](C)Oc1ccc(Cl)cc1Cl. The normalized spacial score (nSPS) is 13.3. The molecule has 1 aromatic rings. The standard InChI is InChI=1S/C16H21Cl2NO4/c1-9(2)7-13(16(21)22-4)19-15(20)10(3)23-14-6-5-11(17)8-12(14)18/h5-6,8-10,13H,7H2,1-4H3,(H,19,20)/t10-,13+/m0/s1. The molecular weight excluding hydrogens is 341 g/mol. The molecule has 0 spiro atoms. The number of rotatable bonds is 7. The van der Waals surface area contributed by atoms with Crippen molar-refractivity contribution in [3.05, 3.63) is 28.2 Å². The second-order valence-corrected chi connectivity index (χ2v) is 6.39. The number of carbonyl (C=O) groups is 2. The van der Waals surface area contributed by atoms with Crippen LogP contribution in [0.25, 0.3) is 0 Å². The van der Waals surface area contributed by atoms with Crippen LogP contribution in [0, 0.1) is 5.92 Å². The summed E-state index contributed by atoms with van der Waals surface area (Å²) in [4.78, 5) is 24.0. The van der Waals surface area contributed by atoms with Crippen molar-refractivity contribution in [3.63, 3.8) is 0 Å². The van der Waals surface area contributed by atoms with E-state index in [0.29, 0.717) is 22.2 Å². The molecule has 0 aliphatic rings. The zero-order valence-electron chi connectivity index (χ0n) is 13.6. The molecule has 2 atom stereocenters. The van der Waals surface area contributed by atoms with Gasteiger partial charge in [0.2, 0.25) is 0 Å². The Hall–Kier alpha value is -1.46. The van der Waals surface area contributed by atoms with Gasteiger partial charge in [0, 0.05) is 5.02 Å². The number of carbonyl (C=O) groups excluding carboxylic acids is 2. The highest BCUT2D eigenvalue weighted by molar-refractivity contribution is 6.35. The molecule has 5 nitrogen and oxygen atoms in total. The quantitative estimate of drug-likeness (QED) is 0.755. The van der Waals surface area contributed by atoms with Gasteiger partial charge in [-0.25, -0.2) is 4.79 Å². The predicted octanol–water partition coefficient (Wildman–Crippen LogP) is 3.46. The Balaban J connectivity index is 2.72. The Morgan fingerprint density at radius 2 is 1.87 bits per heavy atom. The first-order valence-corrected chi connectivity index (χ1v) is 8.00. The van der Waals surface area contributed by atoms with E-state index in [4.69, 9.17) is 32.7 Å². The number of hydrogen-bond acceptors (Lipinski definition) is 4. The van der Waals surface area contributed by atoms with Crippen LogP contribution in [-0.4, -0.2) is 31.1 Å². The van der Waals surface area contributed by atoms with E-state index >= 15 is 0 Å². The van der Waals surface area contributed by atoms with Crippen molar-refractivity contribution in [1.82, 2.24) is 5.32 Å². The van der Waals surface area contributed by atoms with Gasteiger partial charge in [-0.05, 0) is 37.5 Å². The third kappa shape index (κ3) is 6.28. The second-order valence-electron chi connectivity index (χ2n) is 5.55. The lowest BCUT2D eigenvalue weighted by molar-refractivity contribution is -0.146. The van der Waals surface area contributed by atoms with Crippen molar-refractivity contribution in [2.45, 2.75) is 39.3 Å². The van der Waals surface area contributed by atoms with E-state index in [-0.39, 0.29) is 5.92 Å². The van der Waals surface area contributed by atoms with Crippen molar-refractivity contribution >= 4 is 35.1 Å². The third-order valence-corrected chi connectivity index (χ3v) is 3.61. The number of nitrogens with one attached hydrogen (secondary N) is 1. The molecule has 23 heavy (non-hydrogen) atoms. The van der Waals surface area contributed by atoms with Gasteiger partial charge in [0.1, 0.15) is 11.8 Å². The lowest BCUT2D eigenvalue weighted by Crippen LogP contribution is -2.47. The van der Waals surface area contributed by atoms with Crippen molar-refractivity contribution in [2.75, 3.05) is 7.11 Å². The molecule has 1 rings (SSSR count). The van der Waals surface area contributed by atoms with Crippen molar-refractivity contribution in [2.24, 2.45) is 5.92 Å². The van der Waals surface area contributed by atoms with E-state index in [1.165, 1.54) is 13.2 Å². The maximum Gasteiger partial charge on any atom is 0.328 e. The molecule has 0 aromatic heterocycles. The lowest BCUT2D eigenvalue weighted by atomic mass is 10.0. The van der Waals surface area contributed by atoms with E-state index in [9.17, 15) is 9.59 Å². The molecule has 0 saturated carbocycles. The third-order valence-electron chi connectivity index (χ3n) is 3.08. The van der Waals surface area contributed by atoms with Crippen LogP contribution in [0.2, 0.25) is 10.0 Å². The van der Waals surface area contributed by atoms with Gasteiger partial charge in [0.05, 0.1) is 12.1 Å². The number of hydrogen-bond donors (Lipinski definition) is 1. The highest BCUT2D eigenvalue weighted by atomic mass is 35.5. The molecule has 0 fully saturated rings. The highest BCUT2D eigenvalue weighted by Gasteiger charge is 2.26. The topological polar surface area (TPSA) is 64.6 Å². The van der Waals surface area contributed by atoms with E-state index in [1.807, 2.05) is 13.8 Å². The minimum absolute atomic E-state index is 0.223. The zero-order valence-corrected chi connectivity index (χ0v) is 15.1. The van der Waals surface area contributed by atoms with Crippen molar-refractivity contribution in [1.29, 1.82) is 0 Å². The summed E-state index contributed by atoms with van der Waals surface area (Å²) < 4.78 is 10.2. The minimum Gasteiger partial charge on any atom is -0.479 e. The summed E-state index contributed by atoms with van der Waals surface area (Å²) in [6.45, 7) is 5.48. The number of benzene rings is 1. The van der Waals surface area contributed by atoms with Crippen molar-refractivity contribution < 1.29 is 19.1 Å². The molecule has 1 N–H and O–H groups in total. The number of esters is 1. The molecule has 0 radical (unpaired) electrons. The molecule has 0 unspecified atom stereocenters. The molecule has 1 aromatic carbocycles. The van der Waals surface area contributed by atoms with Gasteiger partial charge in [-0.2, -0.15) is 0 Å². The van der Waals surface area contributed by atoms with Gasteiger partial charge in [-0.15, -0.1) is 0 Å². The molecule has 0 aliphatic carbocycles. The molecule has 7 heteroatoms. The number of amides is 1. The number of methoxy groups -OCH3 is 1. The minimum atomic E-state index is -0.826. The predicted molar refractivity (Wildman–Crippen MR) is 90.0 cm³/mol. The van der Waals surface area contributed by atoms with Crippen LogP contribution in [-0.2, 0) is 14.3 Å². The Labute approximate surface area is 146 Å². The Bertz CT molecular complexity index is 563. The first-order chi connectivity index (χ1) is 10.7. The Morgan fingerprint density at radius 3 is 2.39 bits per heavy atom. The lowest BCUT2D eigenvalue weighted by Gasteiger charge is -2.21. The fraction of sp³-hybridized carbons (Fsp3) is 0.500. The molecule has 0 bridgehead atoms. The summed E-state index contributed by atoms with van der Waals surface area (Å²) >= 11 is 11.8. The maximum absolute atomic E-state index is 12.2. The average Bonchev–Trinajstić information content (AvgIpc) is 2.47. The van der Waals surface area contributed by atoms with Gasteiger partial charge in [-0.3, -0.25) is 4.79 Å². The summed E-state index contributed by atoms with van der Waals surface area (Å²) in [5.41, 5.74) is 0. The largest absolute Gasteiger partial charge is 0.479 e. The Morgan fingerprint density at radius 1 is 1.22 bits per heavy atom. The fourth-order valence-corrected chi connectivity index (χ4v) is 2.38. The van der Waals surface area contributed by atoms with Crippen LogP contribution in [0.1, 0.15) is 27.2 Å². The van der Waals surface area contributed by atoms with E-state index in [0.717, 1.165) is 0 Å². The average molecular weight is 362 g/mol. The molecule has 128 valence electrons. The van der Waals surface area contributed by atoms with Crippen LogP contribution in [0.5, 0.6) is 5.75 Å². The Kier molecular flexibility index (Phi) is 7.65. The highest BCUT2D eigenvalue weighted by Crippen LogP contribution is 2.28. The van der Waals surface area contributed by atoms with Crippen LogP contribution < -0.4 is 10.1 Å². The van der Waals surface area contributed by atoms with Crippen molar-refractivity contribution in [3.8, 4) is 5.75 Å². The van der Waals surface area contributed by atoms with Gasteiger partial charge in [0.15, 0.2) is 6.10 Å². The maximum atomic E-state index is 12.2. The summed E-state index contributed by atoms with van der Waals surface area (Å²) in [7, 11) is 1.29. The van der Waals surface area contributed by atoms with Gasteiger partial charge >= 0.3 is 5.97 Å². The van der Waals surface area contributed by atoms with Crippen LogP contribution >= 0.6 is 23.2 Å². The van der Waals surface area contributed by atoms with Crippen LogP contribution in [0.15, 0.2) is 18.2 Å². The van der Waals surface area contributed by atoms with E-state index in [1.54, 1.807) is 19.1 Å². The summed E-state index contributed by atoms with van der Waals surface area (Å²) in [6, 6.07) is 4.02. The fourth-order valence-electron chi connectivity index (χ4n) is 1.93. The summed E-state index contributed by atoms with van der Waals surface area (Å²) in [6.07, 6.45) is -0.347. The van der Waals surface area contributed by atoms with Gasteiger partial charge < -0.3 is 14.8 Å². The van der Waals surface area contributed by atoms with Crippen LogP contribution in [0.4, 0.5) is 0 Å². The first kappa shape index (κ1) is 19.6. The summed E-state index contributed by atoms with van der Waals surface area (Å²) in [5.74, 6) is -0.339. The van der Waals surface area contributed by atoms with Gasteiger partial charge in [0.25, 0.3) is 5.91 Å². The first-order valence-electron chi connectivity index (χ1n) is 7.24. The second kappa shape index (κ2) is 8.99. The van der Waals surface area contributed by atoms with E-state index < -0.39 is 24.0 Å². The molecule has 0 heterocycles. The molecular formula is C16H21Cl2NO4. The van der Waals surface area contributed by atoms with Gasteiger partial charge in [-0.1, -0.05) is 37.0 Å². The number of halogens is 2. The molecule has 0 aliphatic heterocycles. The molecule has 0 saturated heterocycles. The number of ether oxygens (including phenoxy) is 2. The smallest absolute Gasteiger partial charge is 0.328 e. The van der Waals surface area contributed by atoms with E-state index in [2.05, 4.69) is 5.32 Å². The van der Waals surface area contributed by atoms with Crippen LogP contribution in [0.3, 0.4) is 0 Å².